The first kappa shape index (κ1) is 32.2. The van der Waals surface area contributed by atoms with E-state index in [0.29, 0.717) is 0 Å². The number of piperazine rings is 1. The molecule has 0 radical (unpaired) electrons. The molecular weight excluding hydrogens is 542 g/mol. The lowest BCUT2D eigenvalue weighted by Gasteiger charge is -2.38. The number of hydrogen-bond acceptors (Lipinski definition) is 4. The predicted octanol–water partition coefficient (Wildman–Crippen LogP) is 8.34. The van der Waals surface area contributed by atoms with E-state index in [-0.39, 0.29) is 11.3 Å². The maximum absolute atomic E-state index is 12.7. The lowest BCUT2D eigenvalue weighted by molar-refractivity contribution is -0.141. The summed E-state index contributed by atoms with van der Waals surface area (Å²) in [5, 5.41) is 0. The van der Waals surface area contributed by atoms with E-state index in [2.05, 4.69) is 74.3 Å². The van der Waals surface area contributed by atoms with E-state index >= 15 is 0 Å². The van der Waals surface area contributed by atoms with Gasteiger partial charge in [0.1, 0.15) is 11.5 Å². The molecule has 44 heavy (non-hydrogen) atoms. The molecule has 4 aliphatic rings. The minimum absolute atomic E-state index is 0.256. The van der Waals surface area contributed by atoms with Crippen molar-refractivity contribution in [3.63, 3.8) is 0 Å². The van der Waals surface area contributed by atoms with Gasteiger partial charge in [0.05, 0.1) is 0 Å². The smallest absolute Gasteiger partial charge is 0.228 e. The van der Waals surface area contributed by atoms with E-state index in [1.165, 1.54) is 52.0 Å². The first-order valence-electron chi connectivity index (χ1n) is 16.9. The van der Waals surface area contributed by atoms with Crippen LogP contribution in [0.1, 0.15) is 91.2 Å². The number of carbonyl (C=O) groups is 1. The van der Waals surface area contributed by atoms with Gasteiger partial charge in [0, 0.05) is 50.4 Å². The topological polar surface area (TPSA) is 45.1 Å². The highest BCUT2D eigenvalue weighted by Crippen LogP contribution is 2.30. The summed E-state index contributed by atoms with van der Waals surface area (Å²) in [5.41, 5.74) is 8.86. The summed E-state index contributed by atoms with van der Waals surface area (Å²) >= 11 is 0. The van der Waals surface area contributed by atoms with Gasteiger partial charge in [-0.1, -0.05) is 64.0 Å². The second kappa shape index (κ2) is 14.3. The van der Waals surface area contributed by atoms with E-state index in [9.17, 15) is 4.79 Å². The van der Waals surface area contributed by atoms with Crippen LogP contribution in [0.3, 0.4) is 0 Å². The number of aryl methyl sites for hydroxylation is 1. The molecule has 1 aromatic rings. The summed E-state index contributed by atoms with van der Waals surface area (Å²) in [6.45, 7) is 18.1. The molecule has 0 saturated carbocycles. The Kier molecular flexibility index (Phi) is 10.5. The van der Waals surface area contributed by atoms with Crippen LogP contribution in [0, 0.1) is 11.3 Å². The van der Waals surface area contributed by atoms with Crippen LogP contribution in [0.15, 0.2) is 75.5 Å². The van der Waals surface area contributed by atoms with Crippen molar-refractivity contribution >= 4 is 17.7 Å². The average molecular weight is 596 g/mol. The Bertz CT molecular complexity index is 1410. The van der Waals surface area contributed by atoms with Gasteiger partial charge in [-0.2, -0.15) is 0 Å². The van der Waals surface area contributed by atoms with Gasteiger partial charge in [0.15, 0.2) is 0 Å². The molecule has 0 spiro atoms. The normalized spacial score (nSPS) is 23.2. The molecule has 1 saturated heterocycles. The molecule has 2 aliphatic heterocycles. The Labute approximate surface area is 266 Å². The van der Waals surface area contributed by atoms with Crippen molar-refractivity contribution in [2.45, 2.75) is 86.5 Å². The Balaban J connectivity index is 1.27. The number of ether oxygens (including phenoxy) is 1. The lowest BCUT2D eigenvalue weighted by atomic mass is 9.91. The number of amides is 1. The molecule has 0 bridgehead atoms. The van der Waals surface area contributed by atoms with Crippen molar-refractivity contribution in [1.82, 2.24) is 9.80 Å². The second-order valence-electron chi connectivity index (χ2n) is 14.3. The first-order valence-corrected chi connectivity index (χ1v) is 16.9. The number of allylic oxidation sites excluding steroid dienone is 6. The molecule has 1 fully saturated rings. The average Bonchev–Trinajstić information content (AvgIpc) is 2.99. The zero-order valence-electron chi connectivity index (χ0n) is 28.0. The first-order chi connectivity index (χ1) is 21.1. The van der Waals surface area contributed by atoms with Crippen LogP contribution in [-0.2, 0) is 11.2 Å². The Morgan fingerprint density at radius 3 is 2.50 bits per heavy atom. The fraction of sp³-hybridized carbons (Fsp3) is 0.538. The SMILES string of the molecule is CCC1CCC(/C2=C/CCC(C)=C(Oc3ccc4c(c3)CCC(C)=CC(CN3CCN(C(=O)C(C)(C)C)CC3)=C4)C=C2)=NC1. The Hall–Kier alpha value is -3.18. The van der Waals surface area contributed by atoms with Crippen LogP contribution >= 0.6 is 0 Å². The zero-order chi connectivity index (χ0) is 31.3. The molecule has 1 amide bonds. The van der Waals surface area contributed by atoms with E-state index in [0.717, 1.165) is 88.8 Å². The molecule has 0 aromatic heterocycles. The van der Waals surface area contributed by atoms with E-state index in [1.54, 1.807) is 0 Å². The van der Waals surface area contributed by atoms with Gasteiger partial charge in [-0.15, -0.1) is 0 Å². The van der Waals surface area contributed by atoms with Crippen molar-refractivity contribution in [3.8, 4) is 5.75 Å². The maximum Gasteiger partial charge on any atom is 0.228 e. The van der Waals surface area contributed by atoms with Gasteiger partial charge in [-0.05, 0) is 110 Å². The third-order valence-corrected chi connectivity index (χ3v) is 9.57. The van der Waals surface area contributed by atoms with Crippen LogP contribution in [-0.4, -0.2) is 60.7 Å². The molecule has 5 rings (SSSR count). The molecule has 5 heteroatoms. The van der Waals surface area contributed by atoms with Crippen LogP contribution in [0.4, 0.5) is 0 Å². The number of aliphatic imine (C=N–C) groups is 1. The third kappa shape index (κ3) is 8.29. The Morgan fingerprint density at radius 1 is 1.00 bits per heavy atom. The summed E-state index contributed by atoms with van der Waals surface area (Å²) in [5.74, 6) is 2.86. The van der Waals surface area contributed by atoms with E-state index in [1.807, 2.05) is 25.7 Å². The molecular formula is C39H53N3O2. The van der Waals surface area contributed by atoms with Crippen LogP contribution in [0.2, 0.25) is 0 Å². The molecule has 0 N–H and O–H groups in total. The van der Waals surface area contributed by atoms with Gasteiger partial charge in [0.2, 0.25) is 5.91 Å². The number of benzene rings is 1. The summed E-state index contributed by atoms with van der Waals surface area (Å²) in [7, 11) is 0. The highest BCUT2D eigenvalue weighted by molar-refractivity contribution is 6.03. The largest absolute Gasteiger partial charge is 0.457 e. The van der Waals surface area contributed by atoms with E-state index < -0.39 is 0 Å². The number of hydrogen-bond donors (Lipinski definition) is 0. The van der Waals surface area contributed by atoms with Crippen molar-refractivity contribution < 1.29 is 9.53 Å². The van der Waals surface area contributed by atoms with Gasteiger partial charge in [-0.25, -0.2) is 0 Å². The highest BCUT2D eigenvalue weighted by Gasteiger charge is 2.29. The summed E-state index contributed by atoms with van der Waals surface area (Å²) < 4.78 is 6.59. The molecule has 1 unspecified atom stereocenters. The zero-order valence-corrected chi connectivity index (χ0v) is 28.0. The number of nitrogens with zero attached hydrogens (tertiary/aromatic N) is 3. The van der Waals surface area contributed by atoms with Gasteiger partial charge < -0.3 is 9.64 Å². The Morgan fingerprint density at radius 2 is 1.80 bits per heavy atom. The highest BCUT2D eigenvalue weighted by atomic mass is 16.5. The van der Waals surface area contributed by atoms with Gasteiger partial charge >= 0.3 is 0 Å². The van der Waals surface area contributed by atoms with Gasteiger partial charge in [-0.3, -0.25) is 14.7 Å². The van der Waals surface area contributed by atoms with Gasteiger partial charge in [0.25, 0.3) is 0 Å². The molecule has 1 atom stereocenters. The lowest BCUT2D eigenvalue weighted by Crippen LogP contribution is -2.51. The second-order valence-corrected chi connectivity index (χ2v) is 14.3. The number of carbonyl (C=O) groups excluding carboxylic acids is 1. The number of rotatable bonds is 6. The van der Waals surface area contributed by atoms with Crippen molar-refractivity contribution in [1.29, 1.82) is 0 Å². The monoisotopic (exact) mass is 595 g/mol. The van der Waals surface area contributed by atoms with Crippen LogP contribution in [0.5, 0.6) is 5.75 Å². The van der Waals surface area contributed by atoms with Crippen molar-refractivity contribution in [2.75, 3.05) is 39.3 Å². The molecule has 236 valence electrons. The molecule has 5 nitrogen and oxygen atoms in total. The molecule has 2 aliphatic carbocycles. The predicted molar refractivity (Wildman–Crippen MR) is 184 cm³/mol. The van der Waals surface area contributed by atoms with E-state index in [4.69, 9.17) is 9.73 Å². The quantitative estimate of drug-likeness (QED) is 0.332. The minimum atomic E-state index is -0.319. The maximum atomic E-state index is 12.7. The van der Waals surface area contributed by atoms with Crippen LogP contribution in [0.25, 0.3) is 6.08 Å². The van der Waals surface area contributed by atoms with Crippen molar-refractivity contribution in [3.05, 3.63) is 81.7 Å². The molecule has 2 heterocycles. The van der Waals surface area contributed by atoms with Crippen LogP contribution < -0.4 is 4.74 Å². The summed E-state index contributed by atoms with van der Waals surface area (Å²) in [4.78, 5) is 22.2. The molecule has 1 aromatic carbocycles. The number of fused-ring (bicyclic) bond motifs is 1. The van der Waals surface area contributed by atoms with Crippen molar-refractivity contribution in [2.24, 2.45) is 16.3 Å². The third-order valence-electron chi connectivity index (χ3n) is 9.57. The summed E-state index contributed by atoms with van der Waals surface area (Å²) in [6.07, 6.45) is 19.1. The standard InChI is InChI=1S/C39H53N3O2/c1-7-30-12-17-36(40-26-30)32-10-8-9-29(3)37(18-15-32)44-35-16-14-33-24-31(23-28(2)11-13-34(33)25-35)27-41-19-21-42(22-20-41)38(43)39(4,5)6/h10,14-16,18,23-25,30H,7-9,11-13,17,19-22,26-27H2,1-6H3/b18-15?,28-23?,31-24?,32-10+,37-29?. The summed E-state index contributed by atoms with van der Waals surface area (Å²) in [6, 6.07) is 6.61. The fourth-order valence-corrected chi connectivity index (χ4v) is 6.62. The minimum Gasteiger partial charge on any atom is -0.457 e. The fourth-order valence-electron chi connectivity index (χ4n) is 6.62.